The molecule has 0 atom stereocenters. The highest BCUT2D eigenvalue weighted by Crippen LogP contribution is 2.19. The van der Waals surface area contributed by atoms with Crippen molar-refractivity contribution in [1.82, 2.24) is 15.5 Å². The Morgan fingerprint density at radius 2 is 2.00 bits per heavy atom. The minimum absolute atomic E-state index is 0.0232. The van der Waals surface area contributed by atoms with E-state index in [1.54, 1.807) is 0 Å². The molecule has 0 saturated carbocycles. The largest absolute Gasteiger partial charge is 0.357 e. The number of guanidine groups is 1. The van der Waals surface area contributed by atoms with Crippen LogP contribution in [0.2, 0.25) is 0 Å². The molecule has 7 heteroatoms. The molecule has 0 aliphatic carbocycles. The summed E-state index contributed by atoms with van der Waals surface area (Å²) in [6.07, 6.45) is 2.11. The second-order valence-electron chi connectivity index (χ2n) is 7.00. The molecule has 0 aromatic heterocycles. The van der Waals surface area contributed by atoms with Crippen molar-refractivity contribution in [1.29, 1.82) is 0 Å². The molecular weight excluding hydrogens is 346 g/mol. The van der Waals surface area contributed by atoms with Gasteiger partial charge in [0.15, 0.2) is 5.96 Å². The molecule has 0 aliphatic rings. The molecule has 1 aromatic rings. The van der Waals surface area contributed by atoms with Crippen molar-refractivity contribution in [2.75, 3.05) is 45.3 Å². The average Bonchev–Trinajstić information content (AvgIpc) is 2.57. The van der Waals surface area contributed by atoms with Gasteiger partial charge in [-0.3, -0.25) is 4.79 Å². The zero-order chi connectivity index (χ0) is 19.6. The van der Waals surface area contributed by atoms with Crippen molar-refractivity contribution in [3.63, 3.8) is 0 Å². The number of nitrogens with zero attached hydrogens (tertiary/aromatic N) is 2. The third-order valence-electron chi connectivity index (χ3n) is 3.67. The van der Waals surface area contributed by atoms with Gasteiger partial charge in [-0.15, -0.1) is 0 Å². The van der Waals surface area contributed by atoms with E-state index in [1.807, 2.05) is 55.0 Å². The summed E-state index contributed by atoms with van der Waals surface area (Å²) < 4.78 is 0.146. The van der Waals surface area contributed by atoms with Crippen LogP contribution in [0.4, 0.5) is 5.69 Å². The van der Waals surface area contributed by atoms with Gasteiger partial charge in [0.1, 0.15) is 0 Å². The van der Waals surface area contributed by atoms with Gasteiger partial charge in [-0.05, 0) is 58.8 Å². The van der Waals surface area contributed by atoms with Gasteiger partial charge >= 0.3 is 0 Å². The minimum Gasteiger partial charge on any atom is -0.357 e. The van der Waals surface area contributed by atoms with E-state index in [1.165, 1.54) is 0 Å². The standard InChI is InChI=1S/C19H33N5OS/c1-7-20-18(22-14-19(2,3)26-6)21-12-15-9-8-10-16(11-15)23-17(25)13-24(4)5/h8-11H,7,12-14H2,1-6H3,(H,23,25)(H2,20,21,22). The Balaban J connectivity index is 2.71. The highest BCUT2D eigenvalue weighted by molar-refractivity contribution is 7.99. The average molecular weight is 380 g/mol. The van der Waals surface area contributed by atoms with Gasteiger partial charge in [-0.1, -0.05) is 12.1 Å². The molecule has 0 spiro atoms. The first kappa shape index (κ1) is 22.3. The Morgan fingerprint density at radius 3 is 2.62 bits per heavy atom. The molecule has 1 aromatic carbocycles. The summed E-state index contributed by atoms with van der Waals surface area (Å²) in [6, 6.07) is 7.81. The molecule has 0 radical (unpaired) electrons. The lowest BCUT2D eigenvalue weighted by Crippen LogP contribution is -2.43. The Labute approximate surface area is 162 Å². The zero-order valence-corrected chi connectivity index (χ0v) is 17.7. The van der Waals surface area contributed by atoms with Gasteiger partial charge in [-0.25, -0.2) is 4.99 Å². The van der Waals surface area contributed by atoms with Crippen molar-refractivity contribution in [2.24, 2.45) is 4.99 Å². The van der Waals surface area contributed by atoms with Gasteiger partial charge < -0.3 is 20.9 Å². The fraction of sp³-hybridized carbons (Fsp3) is 0.579. The number of aliphatic imine (C=N–C) groups is 1. The predicted molar refractivity (Wildman–Crippen MR) is 114 cm³/mol. The predicted octanol–water partition coefficient (Wildman–Crippen LogP) is 2.38. The number of hydrogen-bond acceptors (Lipinski definition) is 4. The summed E-state index contributed by atoms with van der Waals surface area (Å²) in [6.45, 7) is 9.02. The SMILES string of the molecule is CCNC(=NCc1cccc(NC(=O)CN(C)C)c1)NCC(C)(C)SC. The van der Waals surface area contributed by atoms with Crippen LogP contribution in [0.1, 0.15) is 26.3 Å². The van der Waals surface area contributed by atoms with Gasteiger partial charge in [0, 0.05) is 23.5 Å². The summed E-state index contributed by atoms with van der Waals surface area (Å²) in [5.41, 5.74) is 1.85. The van der Waals surface area contributed by atoms with Crippen LogP contribution in [0.5, 0.6) is 0 Å². The van der Waals surface area contributed by atoms with Crippen molar-refractivity contribution in [3.8, 4) is 0 Å². The van der Waals surface area contributed by atoms with Gasteiger partial charge in [0.2, 0.25) is 5.91 Å². The molecule has 1 rings (SSSR count). The number of likely N-dealkylation sites (N-methyl/N-ethyl adjacent to an activating group) is 1. The van der Waals surface area contributed by atoms with Crippen LogP contribution >= 0.6 is 11.8 Å². The number of nitrogens with one attached hydrogen (secondary N) is 3. The van der Waals surface area contributed by atoms with E-state index in [0.29, 0.717) is 13.1 Å². The van der Waals surface area contributed by atoms with Gasteiger partial charge in [-0.2, -0.15) is 11.8 Å². The van der Waals surface area contributed by atoms with Crippen LogP contribution < -0.4 is 16.0 Å². The maximum Gasteiger partial charge on any atom is 0.238 e. The van der Waals surface area contributed by atoms with Crippen LogP contribution in [-0.2, 0) is 11.3 Å². The highest BCUT2D eigenvalue weighted by Gasteiger charge is 2.16. The molecule has 3 N–H and O–H groups in total. The molecule has 26 heavy (non-hydrogen) atoms. The smallest absolute Gasteiger partial charge is 0.238 e. The Bertz CT molecular complexity index is 601. The molecule has 0 aliphatic heterocycles. The Morgan fingerprint density at radius 1 is 1.27 bits per heavy atom. The fourth-order valence-corrected chi connectivity index (χ4v) is 2.33. The first-order valence-electron chi connectivity index (χ1n) is 8.86. The number of anilines is 1. The van der Waals surface area contributed by atoms with Crippen molar-refractivity contribution >= 4 is 29.3 Å². The molecular formula is C19H33N5OS. The lowest BCUT2D eigenvalue weighted by Gasteiger charge is -2.23. The molecule has 1 amide bonds. The fourth-order valence-electron chi connectivity index (χ4n) is 2.12. The maximum atomic E-state index is 11.9. The molecule has 0 unspecified atom stereocenters. The topological polar surface area (TPSA) is 68.8 Å². The number of carbonyl (C=O) groups excluding carboxylic acids is 1. The third-order valence-corrected chi connectivity index (χ3v) is 4.92. The monoisotopic (exact) mass is 379 g/mol. The van der Waals surface area contributed by atoms with Crippen molar-refractivity contribution in [2.45, 2.75) is 32.1 Å². The Kier molecular flexibility index (Phi) is 9.51. The van der Waals surface area contributed by atoms with E-state index >= 15 is 0 Å². The van der Waals surface area contributed by atoms with Crippen LogP contribution in [0.25, 0.3) is 0 Å². The molecule has 0 heterocycles. The van der Waals surface area contributed by atoms with Crippen LogP contribution in [0.15, 0.2) is 29.3 Å². The summed E-state index contributed by atoms with van der Waals surface area (Å²) in [5, 5.41) is 9.58. The van der Waals surface area contributed by atoms with E-state index in [9.17, 15) is 4.79 Å². The number of amides is 1. The number of hydrogen-bond donors (Lipinski definition) is 3. The quantitative estimate of drug-likeness (QED) is 0.454. The van der Waals surface area contributed by atoms with E-state index in [-0.39, 0.29) is 10.7 Å². The zero-order valence-electron chi connectivity index (χ0n) is 16.8. The molecule has 0 bridgehead atoms. The molecule has 0 saturated heterocycles. The normalized spacial score (nSPS) is 12.2. The van der Waals surface area contributed by atoms with E-state index in [4.69, 9.17) is 0 Å². The molecule has 0 fully saturated rings. The maximum absolute atomic E-state index is 11.9. The van der Waals surface area contributed by atoms with Crippen LogP contribution in [0.3, 0.4) is 0 Å². The summed E-state index contributed by atoms with van der Waals surface area (Å²) in [5.74, 6) is 0.779. The lowest BCUT2D eigenvalue weighted by molar-refractivity contribution is -0.116. The first-order valence-corrected chi connectivity index (χ1v) is 10.1. The van der Waals surface area contributed by atoms with E-state index in [0.717, 1.165) is 30.3 Å². The number of rotatable bonds is 9. The van der Waals surface area contributed by atoms with Gasteiger partial charge in [0.05, 0.1) is 13.1 Å². The van der Waals surface area contributed by atoms with Crippen LogP contribution in [-0.4, -0.2) is 61.5 Å². The summed E-state index contributed by atoms with van der Waals surface area (Å²) in [7, 11) is 3.75. The number of carbonyl (C=O) groups is 1. The summed E-state index contributed by atoms with van der Waals surface area (Å²) >= 11 is 1.82. The highest BCUT2D eigenvalue weighted by atomic mass is 32.2. The van der Waals surface area contributed by atoms with Crippen molar-refractivity contribution < 1.29 is 4.79 Å². The molecule has 146 valence electrons. The van der Waals surface area contributed by atoms with E-state index in [2.05, 4.69) is 48.0 Å². The third kappa shape index (κ3) is 9.10. The summed E-state index contributed by atoms with van der Waals surface area (Å²) in [4.78, 5) is 18.4. The minimum atomic E-state index is -0.0232. The second-order valence-corrected chi connectivity index (χ2v) is 8.51. The van der Waals surface area contributed by atoms with Gasteiger partial charge in [0.25, 0.3) is 0 Å². The lowest BCUT2D eigenvalue weighted by atomic mass is 10.2. The second kappa shape index (κ2) is 11.1. The first-order chi connectivity index (χ1) is 12.3. The number of benzene rings is 1. The number of thioether (sulfide) groups is 1. The Hall–Kier alpha value is -1.73. The molecule has 6 nitrogen and oxygen atoms in total. The van der Waals surface area contributed by atoms with Crippen LogP contribution in [0, 0.1) is 0 Å². The van der Waals surface area contributed by atoms with Crippen molar-refractivity contribution in [3.05, 3.63) is 29.8 Å². The van der Waals surface area contributed by atoms with E-state index < -0.39 is 0 Å².